The zero-order valence-corrected chi connectivity index (χ0v) is 42.0. The van der Waals surface area contributed by atoms with Crippen LogP contribution in [-0.2, 0) is 23.7 Å². The molecule has 0 saturated carbocycles. The van der Waals surface area contributed by atoms with Crippen molar-refractivity contribution in [3.8, 4) is 0 Å². The standard InChI is InChI=1S/C55H93NO13/c1-3-5-7-9-11-13-15-17-19-20-21-22-23-24-25-27-29-31-33-35-37-39-47(60)56-43(44(59)38-36-34-32-30-28-26-18-16-14-12-10-8-6-4-2)42-66-54-52(65)50(63)53(46(41-58)68-54)69-55-51(64)49(62)48(61)45(40-57)67-55/h5,7,11,13-14,16-17,19,21-22,28,30,36,38,43-46,48-55,57-59,61-65H,3-4,6,8-10,12,15,18,20,23-27,29,31-35,37,39-42H2,1-2H3,(H,56,60)/b7-5-,13-11-,16-14+,19-17-,22-21-,30-28+,38-36+. The molecule has 0 aromatic heterocycles. The van der Waals surface area contributed by atoms with E-state index in [0.717, 1.165) is 83.5 Å². The average molecular weight is 976 g/mol. The highest BCUT2D eigenvalue weighted by Crippen LogP contribution is 2.30. The van der Waals surface area contributed by atoms with Crippen LogP contribution >= 0.6 is 0 Å². The minimum Gasteiger partial charge on any atom is -0.394 e. The number of aliphatic hydroxyl groups excluding tert-OH is 8. The number of nitrogens with one attached hydrogen (secondary N) is 1. The Hall–Kier alpha value is -2.83. The molecule has 2 aliphatic rings. The zero-order valence-electron chi connectivity index (χ0n) is 42.0. The van der Waals surface area contributed by atoms with Gasteiger partial charge in [0.15, 0.2) is 12.6 Å². The first-order valence-corrected chi connectivity index (χ1v) is 26.3. The van der Waals surface area contributed by atoms with Crippen molar-refractivity contribution in [2.75, 3.05) is 19.8 Å². The lowest BCUT2D eigenvalue weighted by Gasteiger charge is -2.46. The number of amides is 1. The Morgan fingerprint density at radius 2 is 1.01 bits per heavy atom. The van der Waals surface area contributed by atoms with Crippen LogP contribution < -0.4 is 5.32 Å². The van der Waals surface area contributed by atoms with E-state index < -0.39 is 86.8 Å². The smallest absolute Gasteiger partial charge is 0.220 e. The first-order chi connectivity index (χ1) is 33.6. The molecule has 2 heterocycles. The molecule has 14 heteroatoms. The molecule has 2 fully saturated rings. The van der Waals surface area contributed by atoms with Gasteiger partial charge in [-0.15, -0.1) is 0 Å². The molecule has 12 unspecified atom stereocenters. The Labute approximate surface area is 414 Å². The summed E-state index contributed by atoms with van der Waals surface area (Å²) in [7, 11) is 0. The number of rotatable bonds is 39. The fourth-order valence-electron chi connectivity index (χ4n) is 8.02. The van der Waals surface area contributed by atoms with E-state index >= 15 is 0 Å². The Bertz CT molecular complexity index is 1480. The van der Waals surface area contributed by atoms with Gasteiger partial charge < -0.3 is 65.1 Å². The molecule has 1 amide bonds. The summed E-state index contributed by atoms with van der Waals surface area (Å²) in [6.45, 7) is 2.60. The van der Waals surface area contributed by atoms with Gasteiger partial charge in [-0.25, -0.2) is 0 Å². The normalized spacial score (nSPS) is 26.9. The molecular formula is C55H93NO13. The summed E-state index contributed by atoms with van der Waals surface area (Å²) >= 11 is 0. The van der Waals surface area contributed by atoms with Crippen LogP contribution in [0, 0.1) is 0 Å². The molecule has 0 aromatic carbocycles. The van der Waals surface area contributed by atoms with Crippen LogP contribution in [0.1, 0.15) is 162 Å². The third-order valence-electron chi connectivity index (χ3n) is 12.3. The summed E-state index contributed by atoms with van der Waals surface area (Å²) in [4.78, 5) is 13.2. The Morgan fingerprint density at radius 3 is 1.59 bits per heavy atom. The fraction of sp³-hybridized carbons (Fsp3) is 0.727. The zero-order chi connectivity index (χ0) is 50.3. The van der Waals surface area contributed by atoms with Gasteiger partial charge in [-0.05, 0) is 83.5 Å². The molecule has 0 bridgehead atoms. The van der Waals surface area contributed by atoms with E-state index in [1.807, 2.05) is 6.08 Å². The highest BCUT2D eigenvalue weighted by atomic mass is 16.7. The van der Waals surface area contributed by atoms with Gasteiger partial charge in [0.1, 0.15) is 48.8 Å². The molecule has 0 aromatic rings. The SMILES string of the molecule is CC/C=C\C/C=C\C/C=C\C/C=C\CCCCCCCCCCC(=O)NC(COC1OC(CO)C(OC2OC(CO)C(O)C(O)C2O)C(O)C1O)C(O)/C=C/CC/C=C/CC/C=C/CCCCCC. The second-order valence-electron chi connectivity index (χ2n) is 18.2. The number of aliphatic hydroxyl groups is 8. The molecule has 2 saturated heterocycles. The Kier molecular flexibility index (Phi) is 36.8. The molecule has 2 rings (SSSR count). The molecule has 396 valence electrons. The topological polar surface area (TPSA) is 228 Å². The van der Waals surface area contributed by atoms with Crippen molar-refractivity contribution in [3.05, 3.63) is 85.1 Å². The summed E-state index contributed by atoms with van der Waals surface area (Å²) in [5.74, 6) is -0.267. The van der Waals surface area contributed by atoms with Crippen LogP contribution in [-0.4, -0.2) is 140 Å². The average Bonchev–Trinajstić information content (AvgIpc) is 3.35. The van der Waals surface area contributed by atoms with Gasteiger partial charge in [0.05, 0.1) is 32.0 Å². The van der Waals surface area contributed by atoms with Crippen LogP contribution in [0.2, 0.25) is 0 Å². The van der Waals surface area contributed by atoms with Gasteiger partial charge in [-0.1, -0.05) is 157 Å². The summed E-state index contributed by atoms with van der Waals surface area (Å²) in [6, 6.07) is -0.946. The fourth-order valence-corrected chi connectivity index (χ4v) is 8.02. The van der Waals surface area contributed by atoms with E-state index in [-0.39, 0.29) is 18.9 Å². The second kappa shape index (κ2) is 40.7. The molecule has 0 aliphatic carbocycles. The van der Waals surface area contributed by atoms with Crippen LogP contribution in [0.4, 0.5) is 0 Å². The minimum absolute atomic E-state index is 0.255. The van der Waals surface area contributed by atoms with E-state index in [1.54, 1.807) is 6.08 Å². The number of carbonyl (C=O) groups is 1. The van der Waals surface area contributed by atoms with Crippen LogP contribution in [0.25, 0.3) is 0 Å². The summed E-state index contributed by atoms with van der Waals surface area (Å²) in [6.07, 6.45) is 36.2. The summed E-state index contributed by atoms with van der Waals surface area (Å²) in [5, 5.41) is 86.8. The van der Waals surface area contributed by atoms with Gasteiger partial charge in [0, 0.05) is 6.42 Å². The molecule has 2 aliphatic heterocycles. The number of unbranched alkanes of at least 4 members (excludes halogenated alkanes) is 14. The first-order valence-electron chi connectivity index (χ1n) is 26.3. The van der Waals surface area contributed by atoms with E-state index in [9.17, 15) is 45.6 Å². The van der Waals surface area contributed by atoms with Gasteiger partial charge >= 0.3 is 0 Å². The number of carbonyl (C=O) groups excluding carboxylic acids is 1. The molecule has 9 N–H and O–H groups in total. The van der Waals surface area contributed by atoms with E-state index in [0.29, 0.717) is 12.8 Å². The predicted octanol–water partition coefficient (Wildman–Crippen LogP) is 7.38. The highest BCUT2D eigenvalue weighted by Gasteiger charge is 2.51. The van der Waals surface area contributed by atoms with Gasteiger partial charge in [-0.2, -0.15) is 0 Å². The third-order valence-corrected chi connectivity index (χ3v) is 12.3. The highest BCUT2D eigenvalue weighted by molar-refractivity contribution is 5.76. The van der Waals surface area contributed by atoms with Crippen LogP contribution in [0.5, 0.6) is 0 Å². The second-order valence-corrected chi connectivity index (χ2v) is 18.2. The molecule has 0 radical (unpaired) electrons. The Balaban J connectivity index is 1.84. The van der Waals surface area contributed by atoms with Crippen molar-refractivity contribution >= 4 is 5.91 Å². The quantitative estimate of drug-likeness (QED) is 0.0217. The van der Waals surface area contributed by atoms with Crippen molar-refractivity contribution in [1.29, 1.82) is 0 Å². The minimum atomic E-state index is -1.80. The van der Waals surface area contributed by atoms with Gasteiger partial charge in [0.2, 0.25) is 5.91 Å². The number of hydrogen-bond donors (Lipinski definition) is 9. The van der Waals surface area contributed by atoms with E-state index in [4.69, 9.17) is 18.9 Å². The molecule has 14 nitrogen and oxygen atoms in total. The van der Waals surface area contributed by atoms with Crippen molar-refractivity contribution < 1.29 is 64.6 Å². The molecular weight excluding hydrogens is 883 g/mol. The monoisotopic (exact) mass is 976 g/mol. The number of allylic oxidation sites excluding steroid dienone is 13. The van der Waals surface area contributed by atoms with Crippen molar-refractivity contribution in [3.63, 3.8) is 0 Å². The number of ether oxygens (including phenoxy) is 4. The lowest BCUT2D eigenvalue weighted by atomic mass is 9.97. The van der Waals surface area contributed by atoms with Gasteiger partial charge in [0.25, 0.3) is 0 Å². The lowest BCUT2D eigenvalue weighted by Crippen LogP contribution is -2.65. The summed E-state index contributed by atoms with van der Waals surface area (Å²) in [5.41, 5.74) is 0. The summed E-state index contributed by atoms with van der Waals surface area (Å²) < 4.78 is 22.7. The molecule has 0 spiro atoms. The van der Waals surface area contributed by atoms with Crippen LogP contribution in [0.3, 0.4) is 0 Å². The third kappa shape index (κ3) is 27.5. The maximum atomic E-state index is 13.2. The molecule has 69 heavy (non-hydrogen) atoms. The van der Waals surface area contributed by atoms with Crippen molar-refractivity contribution in [2.24, 2.45) is 0 Å². The van der Waals surface area contributed by atoms with Crippen molar-refractivity contribution in [2.45, 2.75) is 235 Å². The van der Waals surface area contributed by atoms with Crippen LogP contribution in [0.15, 0.2) is 85.1 Å². The van der Waals surface area contributed by atoms with Crippen molar-refractivity contribution in [1.82, 2.24) is 5.32 Å². The molecule has 12 atom stereocenters. The lowest BCUT2D eigenvalue weighted by molar-refractivity contribution is -0.359. The maximum Gasteiger partial charge on any atom is 0.220 e. The first kappa shape index (κ1) is 62.3. The predicted molar refractivity (Wildman–Crippen MR) is 272 cm³/mol. The number of hydrogen-bond acceptors (Lipinski definition) is 13. The van der Waals surface area contributed by atoms with E-state index in [1.165, 1.54) is 44.9 Å². The Morgan fingerprint density at radius 1 is 0.536 bits per heavy atom. The maximum absolute atomic E-state index is 13.2. The largest absolute Gasteiger partial charge is 0.394 e. The van der Waals surface area contributed by atoms with E-state index in [2.05, 4.69) is 92.1 Å². The van der Waals surface area contributed by atoms with Gasteiger partial charge in [-0.3, -0.25) is 4.79 Å².